The van der Waals surface area contributed by atoms with Crippen LogP contribution in [0.15, 0.2) is 10.5 Å². The zero-order valence-electron chi connectivity index (χ0n) is 6.43. The molecule has 1 aromatic heterocycles. The van der Waals surface area contributed by atoms with Gasteiger partial charge in [-0.3, -0.25) is 0 Å². The van der Waals surface area contributed by atoms with Gasteiger partial charge in [-0.15, -0.1) is 0 Å². The summed E-state index contributed by atoms with van der Waals surface area (Å²) in [6, 6.07) is 1.66. The number of aliphatic hydroxyl groups is 1. The van der Waals surface area contributed by atoms with E-state index in [1.807, 2.05) is 6.92 Å². The van der Waals surface area contributed by atoms with Crippen molar-refractivity contribution in [3.63, 3.8) is 0 Å². The minimum Gasteiger partial charge on any atom is -0.458 e. The predicted molar refractivity (Wildman–Crippen MR) is 37.5 cm³/mol. The van der Waals surface area contributed by atoms with Crippen LogP contribution < -0.4 is 0 Å². The molecule has 0 spiro atoms. The van der Waals surface area contributed by atoms with E-state index >= 15 is 0 Å². The molecule has 0 unspecified atom stereocenters. The Morgan fingerprint density at radius 3 is 2.40 bits per heavy atom. The van der Waals surface area contributed by atoms with Crippen molar-refractivity contribution < 1.29 is 9.52 Å². The molecule has 0 aliphatic carbocycles. The molecule has 1 heterocycles. The molecule has 2 nitrogen and oxygen atoms in total. The molecule has 0 fully saturated rings. The van der Waals surface area contributed by atoms with Crippen LogP contribution in [-0.4, -0.2) is 5.11 Å². The lowest BCUT2D eigenvalue weighted by Crippen LogP contribution is -2.15. The van der Waals surface area contributed by atoms with Crippen LogP contribution in [0.1, 0.15) is 25.2 Å². The van der Waals surface area contributed by atoms with E-state index in [0.29, 0.717) is 0 Å². The van der Waals surface area contributed by atoms with E-state index in [9.17, 15) is 5.11 Å². The highest BCUT2D eigenvalue weighted by molar-refractivity contribution is 5.21. The number of furan rings is 1. The van der Waals surface area contributed by atoms with Gasteiger partial charge in [0.2, 0.25) is 0 Å². The van der Waals surface area contributed by atoms with Gasteiger partial charge in [-0.2, -0.15) is 0 Å². The molecule has 1 radical (unpaired) electrons. The molecule has 0 amide bonds. The van der Waals surface area contributed by atoms with Crippen LogP contribution in [0.3, 0.4) is 0 Å². The van der Waals surface area contributed by atoms with E-state index in [0.717, 1.165) is 11.3 Å². The van der Waals surface area contributed by atoms with Crippen molar-refractivity contribution in [3.05, 3.63) is 23.7 Å². The van der Waals surface area contributed by atoms with Crippen LogP contribution in [0.2, 0.25) is 0 Å². The summed E-state index contributed by atoms with van der Waals surface area (Å²) in [5.74, 6) is 0.729. The standard InChI is InChI=1S/C8H11O2/c1-6-7(4-5-10-6)8(2,3)9/h4,9H,1-3H3. The maximum Gasteiger partial charge on any atom is 0.169 e. The van der Waals surface area contributed by atoms with Crippen molar-refractivity contribution in [1.29, 1.82) is 0 Å². The average molecular weight is 139 g/mol. The van der Waals surface area contributed by atoms with Gasteiger partial charge < -0.3 is 9.52 Å². The smallest absolute Gasteiger partial charge is 0.169 e. The van der Waals surface area contributed by atoms with Crippen LogP contribution in [0, 0.1) is 13.2 Å². The Labute approximate surface area is 60.5 Å². The van der Waals surface area contributed by atoms with Crippen molar-refractivity contribution in [1.82, 2.24) is 0 Å². The van der Waals surface area contributed by atoms with Gasteiger partial charge in [-0.25, -0.2) is 0 Å². The lowest BCUT2D eigenvalue weighted by molar-refractivity contribution is 0.0770. The second-order valence-corrected chi connectivity index (χ2v) is 2.89. The van der Waals surface area contributed by atoms with Gasteiger partial charge in [-0.1, -0.05) is 0 Å². The maximum absolute atomic E-state index is 9.48. The monoisotopic (exact) mass is 139 g/mol. The molecule has 1 rings (SSSR count). The Morgan fingerprint density at radius 1 is 1.60 bits per heavy atom. The summed E-state index contributed by atoms with van der Waals surface area (Å²) in [7, 11) is 0. The predicted octanol–water partition coefficient (Wildman–Crippen LogP) is 1.62. The average Bonchev–Trinajstić information content (AvgIpc) is 2.11. The fraction of sp³-hybridized carbons (Fsp3) is 0.500. The topological polar surface area (TPSA) is 33.4 Å². The molecule has 2 heteroatoms. The molecule has 0 saturated carbocycles. The van der Waals surface area contributed by atoms with E-state index < -0.39 is 5.60 Å². The lowest BCUT2D eigenvalue weighted by atomic mass is 10.00. The van der Waals surface area contributed by atoms with Gasteiger partial charge >= 0.3 is 0 Å². The van der Waals surface area contributed by atoms with Gasteiger partial charge in [0.25, 0.3) is 0 Å². The van der Waals surface area contributed by atoms with Crippen LogP contribution in [0.5, 0.6) is 0 Å². The van der Waals surface area contributed by atoms with E-state index in [4.69, 9.17) is 4.42 Å². The van der Waals surface area contributed by atoms with Crippen molar-refractivity contribution in [2.24, 2.45) is 0 Å². The molecule has 1 N–H and O–H groups in total. The largest absolute Gasteiger partial charge is 0.458 e. The fourth-order valence-electron chi connectivity index (χ4n) is 0.941. The van der Waals surface area contributed by atoms with Gasteiger partial charge in [0.05, 0.1) is 5.60 Å². The molecular weight excluding hydrogens is 128 g/mol. The minimum atomic E-state index is -0.812. The van der Waals surface area contributed by atoms with Crippen LogP contribution >= 0.6 is 0 Å². The quantitative estimate of drug-likeness (QED) is 0.641. The summed E-state index contributed by atoms with van der Waals surface area (Å²) < 4.78 is 4.91. The molecule has 0 saturated heterocycles. The molecule has 10 heavy (non-hydrogen) atoms. The third-order valence-electron chi connectivity index (χ3n) is 1.45. The summed E-state index contributed by atoms with van der Waals surface area (Å²) in [6.45, 7) is 5.25. The van der Waals surface area contributed by atoms with E-state index in [2.05, 4.69) is 6.26 Å². The fourth-order valence-corrected chi connectivity index (χ4v) is 0.941. The van der Waals surface area contributed by atoms with Gasteiger partial charge in [-0.05, 0) is 26.8 Å². The Bertz CT molecular complexity index is 217. The van der Waals surface area contributed by atoms with Crippen LogP contribution in [0.4, 0.5) is 0 Å². The van der Waals surface area contributed by atoms with Crippen LogP contribution in [0.25, 0.3) is 0 Å². The first-order valence-electron chi connectivity index (χ1n) is 3.21. The number of hydrogen-bond acceptors (Lipinski definition) is 2. The summed E-state index contributed by atoms with van der Waals surface area (Å²) in [5, 5.41) is 9.48. The molecule has 0 atom stereocenters. The Balaban J connectivity index is 3.05. The van der Waals surface area contributed by atoms with Crippen molar-refractivity contribution in [2.45, 2.75) is 26.4 Å². The minimum absolute atomic E-state index is 0.729. The Kier molecular flexibility index (Phi) is 1.57. The van der Waals surface area contributed by atoms with Crippen molar-refractivity contribution >= 4 is 0 Å². The van der Waals surface area contributed by atoms with Crippen molar-refractivity contribution in [2.75, 3.05) is 0 Å². The first kappa shape index (κ1) is 7.35. The number of rotatable bonds is 1. The van der Waals surface area contributed by atoms with E-state index in [1.54, 1.807) is 19.9 Å². The SMILES string of the molecule is Cc1o[c]cc1C(C)(C)O. The van der Waals surface area contributed by atoms with Crippen LogP contribution in [-0.2, 0) is 5.60 Å². The zero-order chi connectivity index (χ0) is 7.78. The highest BCUT2D eigenvalue weighted by Gasteiger charge is 2.19. The van der Waals surface area contributed by atoms with Gasteiger partial charge in [0.1, 0.15) is 5.76 Å². The molecule has 55 valence electrons. The molecule has 0 aromatic carbocycles. The Morgan fingerprint density at radius 2 is 2.20 bits per heavy atom. The number of aryl methyl sites for hydroxylation is 1. The molecule has 0 bridgehead atoms. The molecule has 0 aliphatic heterocycles. The summed E-state index contributed by atoms with van der Waals surface area (Å²) in [6.07, 6.45) is 2.57. The van der Waals surface area contributed by atoms with Gasteiger partial charge in [0, 0.05) is 5.56 Å². The Hall–Kier alpha value is -0.760. The molecule has 1 aromatic rings. The second-order valence-electron chi connectivity index (χ2n) is 2.89. The normalized spacial score (nSPS) is 12.0. The summed E-state index contributed by atoms with van der Waals surface area (Å²) in [4.78, 5) is 0. The highest BCUT2D eigenvalue weighted by atomic mass is 16.3. The lowest BCUT2D eigenvalue weighted by Gasteiger charge is -2.15. The first-order chi connectivity index (χ1) is 4.52. The molecular formula is C8H11O2. The second kappa shape index (κ2) is 2.13. The third kappa shape index (κ3) is 1.21. The number of hydrogen-bond donors (Lipinski definition) is 1. The maximum atomic E-state index is 9.48. The van der Waals surface area contributed by atoms with E-state index in [-0.39, 0.29) is 0 Å². The molecule has 0 aliphatic rings. The summed E-state index contributed by atoms with van der Waals surface area (Å²) >= 11 is 0. The highest BCUT2D eigenvalue weighted by Crippen LogP contribution is 2.23. The third-order valence-corrected chi connectivity index (χ3v) is 1.45. The van der Waals surface area contributed by atoms with E-state index in [1.165, 1.54) is 0 Å². The van der Waals surface area contributed by atoms with Gasteiger partial charge in [0.15, 0.2) is 6.26 Å². The summed E-state index contributed by atoms with van der Waals surface area (Å²) in [5.41, 5.74) is -0.0133. The first-order valence-corrected chi connectivity index (χ1v) is 3.21. The zero-order valence-corrected chi connectivity index (χ0v) is 6.43. The van der Waals surface area contributed by atoms with Crippen molar-refractivity contribution in [3.8, 4) is 0 Å².